The Morgan fingerprint density at radius 1 is 1.56 bits per heavy atom. The van der Waals surface area contributed by atoms with E-state index < -0.39 is 0 Å². The average Bonchev–Trinajstić information content (AvgIpc) is 2.63. The van der Waals surface area contributed by atoms with Crippen molar-refractivity contribution < 1.29 is 14.3 Å². The van der Waals surface area contributed by atoms with Crippen molar-refractivity contribution in [3.63, 3.8) is 0 Å². The quantitative estimate of drug-likeness (QED) is 0.802. The summed E-state index contributed by atoms with van der Waals surface area (Å²) in [5.74, 6) is 0.421. The monoisotopic (exact) mass is 225 g/mol. The zero-order valence-corrected chi connectivity index (χ0v) is 9.99. The lowest BCUT2D eigenvalue weighted by molar-refractivity contribution is 0.0887. The van der Waals surface area contributed by atoms with Crippen LogP contribution in [0.2, 0.25) is 0 Å². The average molecular weight is 225 g/mol. The van der Waals surface area contributed by atoms with Crippen molar-refractivity contribution >= 4 is 5.91 Å². The summed E-state index contributed by atoms with van der Waals surface area (Å²) < 4.78 is 5.11. The number of hydrogen-bond donors (Lipinski definition) is 2. The molecule has 0 aromatic carbocycles. The van der Waals surface area contributed by atoms with E-state index in [2.05, 4.69) is 5.32 Å². The molecular weight excluding hydrogens is 206 g/mol. The second kappa shape index (κ2) is 5.70. The topological polar surface area (TPSA) is 62.5 Å². The number of aliphatic hydroxyl groups excluding tert-OH is 1. The molecule has 16 heavy (non-hydrogen) atoms. The molecule has 1 aromatic heterocycles. The van der Waals surface area contributed by atoms with Gasteiger partial charge in [0, 0.05) is 18.2 Å². The Morgan fingerprint density at radius 3 is 2.69 bits per heavy atom. The maximum atomic E-state index is 11.8. The van der Waals surface area contributed by atoms with Crippen molar-refractivity contribution in [2.45, 2.75) is 33.2 Å². The van der Waals surface area contributed by atoms with Crippen LogP contribution in [0, 0.1) is 12.8 Å². The highest BCUT2D eigenvalue weighted by atomic mass is 16.3. The third kappa shape index (κ3) is 3.10. The summed E-state index contributed by atoms with van der Waals surface area (Å²) in [5.41, 5.74) is 0.823. The van der Waals surface area contributed by atoms with Gasteiger partial charge in [0.2, 0.25) is 0 Å². The molecule has 4 nitrogen and oxygen atoms in total. The summed E-state index contributed by atoms with van der Waals surface area (Å²) in [6.45, 7) is 5.92. The van der Waals surface area contributed by atoms with Crippen LogP contribution in [-0.2, 0) is 0 Å². The smallest absolute Gasteiger partial charge is 0.287 e. The minimum atomic E-state index is -0.213. The first-order valence-corrected chi connectivity index (χ1v) is 5.52. The van der Waals surface area contributed by atoms with E-state index in [9.17, 15) is 4.79 Å². The molecule has 1 heterocycles. The number of aryl methyl sites for hydroxylation is 1. The van der Waals surface area contributed by atoms with Gasteiger partial charge in [0.25, 0.3) is 5.91 Å². The van der Waals surface area contributed by atoms with Crippen LogP contribution in [0.5, 0.6) is 0 Å². The Hall–Kier alpha value is -1.29. The van der Waals surface area contributed by atoms with E-state index in [0.717, 1.165) is 5.56 Å². The van der Waals surface area contributed by atoms with Crippen LogP contribution in [0.3, 0.4) is 0 Å². The van der Waals surface area contributed by atoms with Gasteiger partial charge in [-0.1, -0.05) is 13.8 Å². The molecule has 1 rings (SSSR count). The number of carbonyl (C=O) groups excluding carboxylic acids is 1. The molecule has 0 saturated heterocycles. The molecule has 1 amide bonds. The van der Waals surface area contributed by atoms with Crippen LogP contribution in [-0.4, -0.2) is 23.7 Å². The zero-order valence-electron chi connectivity index (χ0n) is 9.99. The lowest BCUT2D eigenvalue weighted by atomic mass is 10.0. The van der Waals surface area contributed by atoms with Crippen molar-refractivity contribution in [2.24, 2.45) is 5.92 Å². The Kier molecular flexibility index (Phi) is 4.55. The fourth-order valence-corrected chi connectivity index (χ4v) is 1.55. The van der Waals surface area contributed by atoms with E-state index >= 15 is 0 Å². The molecule has 1 unspecified atom stereocenters. The lowest BCUT2D eigenvalue weighted by Crippen LogP contribution is -2.39. The number of aliphatic hydroxyl groups is 1. The van der Waals surface area contributed by atoms with Crippen LogP contribution in [0.1, 0.15) is 36.4 Å². The standard InChI is InChI=1S/C12H19NO3/c1-8(2)10(4-6-14)13-12(15)11-9(3)5-7-16-11/h5,7-8,10,14H,4,6H2,1-3H3,(H,13,15). The van der Waals surface area contributed by atoms with Gasteiger partial charge in [-0.3, -0.25) is 4.79 Å². The van der Waals surface area contributed by atoms with Crippen molar-refractivity contribution in [3.05, 3.63) is 23.7 Å². The minimum Gasteiger partial charge on any atom is -0.459 e. The Bertz CT molecular complexity index is 344. The van der Waals surface area contributed by atoms with Gasteiger partial charge in [-0.2, -0.15) is 0 Å². The van der Waals surface area contributed by atoms with E-state index in [0.29, 0.717) is 12.2 Å². The van der Waals surface area contributed by atoms with Crippen LogP contribution >= 0.6 is 0 Å². The maximum Gasteiger partial charge on any atom is 0.287 e. The molecule has 90 valence electrons. The van der Waals surface area contributed by atoms with Crippen molar-refractivity contribution in [1.82, 2.24) is 5.32 Å². The lowest BCUT2D eigenvalue weighted by Gasteiger charge is -2.20. The third-order valence-corrected chi connectivity index (χ3v) is 2.63. The number of carbonyl (C=O) groups is 1. The summed E-state index contributed by atoms with van der Waals surface area (Å²) in [4.78, 5) is 11.8. The summed E-state index contributed by atoms with van der Waals surface area (Å²) in [6.07, 6.45) is 2.06. The first kappa shape index (κ1) is 12.8. The van der Waals surface area contributed by atoms with Gasteiger partial charge in [-0.25, -0.2) is 0 Å². The van der Waals surface area contributed by atoms with Gasteiger partial charge >= 0.3 is 0 Å². The number of amides is 1. The van der Waals surface area contributed by atoms with Crippen LogP contribution in [0.4, 0.5) is 0 Å². The van der Waals surface area contributed by atoms with Crippen LogP contribution < -0.4 is 5.32 Å². The SMILES string of the molecule is Cc1ccoc1C(=O)NC(CCO)C(C)C. The minimum absolute atomic E-state index is 0.0259. The normalized spacial score (nSPS) is 12.8. The van der Waals surface area contributed by atoms with E-state index in [-0.39, 0.29) is 24.5 Å². The second-order valence-corrected chi connectivity index (χ2v) is 4.27. The highest BCUT2D eigenvalue weighted by molar-refractivity contribution is 5.92. The molecule has 0 radical (unpaired) electrons. The molecule has 0 fully saturated rings. The molecule has 0 aliphatic rings. The van der Waals surface area contributed by atoms with Gasteiger partial charge in [0.05, 0.1) is 6.26 Å². The fraction of sp³-hybridized carbons (Fsp3) is 0.583. The molecule has 0 aliphatic heterocycles. The van der Waals surface area contributed by atoms with Crippen molar-refractivity contribution in [3.8, 4) is 0 Å². The van der Waals surface area contributed by atoms with Crippen LogP contribution in [0.25, 0.3) is 0 Å². The number of nitrogens with one attached hydrogen (secondary N) is 1. The van der Waals surface area contributed by atoms with E-state index in [1.165, 1.54) is 6.26 Å². The second-order valence-electron chi connectivity index (χ2n) is 4.27. The van der Waals surface area contributed by atoms with E-state index in [4.69, 9.17) is 9.52 Å². The van der Waals surface area contributed by atoms with Crippen molar-refractivity contribution in [2.75, 3.05) is 6.61 Å². The molecule has 1 atom stereocenters. The first-order valence-electron chi connectivity index (χ1n) is 5.52. The van der Waals surface area contributed by atoms with Gasteiger partial charge in [0.15, 0.2) is 5.76 Å². The van der Waals surface area contributed by atoms with Gasteiger partial charge < -0.3 is 14.8 Å². The van der Waals surface area contributed by atoms with Gasteiger partial charge in [0.1, 0.15) is 0 Å². The highest BCUT2D eigenvalue weighted by Gasteiger charge is 2.19. The fourth-order valence-electron chi connectivity index (χ4n) is 1.55. The molecule has 0 bridgehead atoms. The third-order valence-electron chi connectivity index (χ3n) is 2.63. The molecule has 4 heteroatoms. The zero-order chi connectivity index (χ0) is 12.1. The molecular formula is C12H19NO3. The maximum absolute atomic E-state index is 11.8. The largest absolute Gasteiger partial charge is 0.459 e. The Labute approximate surface area is 95.7 Å². The Morgan fingerprint density at radius 2 is 2.25 bits per heavy atom. The molecule has 0 spiro atoms. The molecule has 0 aliphatic carbocycles. The van der Waals surface area contributed by atoms with Crippen molar-refractivity contribution in [1.29, 1.82) is 0 Å². The predicted molar refractivity (Wildman–Crippen MR) is 61.2 cm³/mol. The summed E-state index contributed by atoms with van der Waals surface area (Å²) in [7, 11) is 0. The predicted octanol–water partition coefficient (Wildman–Crippen LogP) is 1.72. The number of furan rings is 1. The summed E-state index contributed by atoms with van der Waals surface area (Å²) >= 11 is 0. The van der Waals surface area contributed by atoms with Gasteiger partial charge in [-0.05, 0) is 25.3 Å². The molecule has 2 N–H and O–H groups in total. The highest BCUT2D eigenvalue weighted by Crippen LogP contribution is 2.11. The number of rotatable bonds is 5. The first-order chi connectivity index (χ1) is 7.56. The Balaban J connectivity index is 2.65. The van der Waals surface area contributed by atoms with E-state index in [1.807, 2.05) is 20.8 Å². The number of hydrogen-bond acceptors (Lipinski definition) is 3. The molecule has 1 aromatic rings. The van der Waals surface area contributed by atoms with E-state index in [1.54, 1.807) is 6.07 Å². The molecule has 0 saturated carbocycles. The summed E-state index contributed by atoms with van der Waals surface area (Å²) in [6, 6.07) is 1.73. The summed E-state index contributed by atoms with van der Waals surface area (Å²) in [5, 5.41) is 11.8. The van der Waals surface area contributed by atoms with Gasteiger partial charge in [-0.15, -0.1) is 0 Å². The van der Waals surface area contributed by atoms with Crippen LogP contribution in [0.15, 0.2) is 16.7 Å².